The number of nitrogens with zero attached hydrogens (tertiary/aromatic N) is 1. The molecule has 2 rings (SSSR count). The summed E-state index contributed by atoms with van der Waals surface area (Å²) < 4.78 is 0. The van der Waals surface area contributed by atoms with Crippen molar-refractivity contribution in [1.29, 1.82) is 0 Å². The lowest BCUT2D eigenvalue weighted by Gasteiger charge is -2.26. The molecule has 0 amide bonds. The van der Waals surface area contributed by atoms with Crippen LogP contribution in [0.2, 0.25) is 0 Å². The predicted octanol–water partition coefficient (Wildman–Crippen LogP) is 2.88. The van der Waals surface area contributed by atoms with Gasteiger partial charge in [-0.1, -0.05) is 30.3 Å². The van der Waals surface area contributed by atoms with Crippen molar-refractivity contribution in [1.82, 2.24) is 4.90 Å². The normalized spacial score (nSPS) is 19.5. The number of rotatable bonds is 3. The van der Waals surface area contributed by atoms with Gasteiger partial charge in [0.15, 0.2) is 0 Å². The van der Waals surface area contributed by atoms with Crippen molar-refractivity contribution in [2.75, 3.05) is 13.1 Å². The fourth-order valence-corrected chi connectivity index (χ4v) is 2.55. The molecule has 0 radical (unpaired) electrons. The van der Waals surface area contributed by atoms with Crippen molar-refractivity contribution >= 4 is 6.29 Å². The predicted molar refractivity (Wildman–Crippen MR) is 69.7 cm³/mol. The van der Waals surface area contributed by atoms with Gasteiger partial charge < -0.3 is 4.79 Å². The zero-order valence-corrected chi connectivity index (χ0v) is 10.3. The Kier molecular flexibility index (Phi) is 4.75. The third kappa shape index (κ3) is 3.97. The van der Waals surface area contributed by atoms with Gasteiger partial charge in [0.25, 0.3) is 0 Å². The minimum absolute atomic E-state index is 0.314. The average molecular weight is 231 g/mol. The molecule has 1 saturated heterocycles. The van der Waals surface area contributed by atoms with E-state index in [1.165, 1.54) is 5.56 Å². The van der Waals surface area contributed by atoms with E-state index in [1.54, 1.807) is 0 Å². The second kappa shape index (κ2) is 6.55. The van der Waals surface area contributed by atoms with Crippen LogP contribution in [0.4, 0.5) is 0 Å². The Hall–Kier alpha value is -1.15. The van der Waals surface area contributed by atoms with Gasteiger partial charge in [-0.15, -0.1) is 0 Å². The molecule has 0 bridgehead atoms. The fraction of sp³-hybridized carbons (Fsp3) is 0.533. The molecule has 1 fully saturated rings. The Bertz CT molecular complexity index is 326. The molecule has 0 atom stereocenters. The summed E-state index contributed by atoms with van der Waals surface area (Å²) in [6, 6.07) is 10.6. The monoisotopic (exact) mass is 231 g/mol. The summed E-state index contributed by atoms with van der Waals surface area (Å²) in [7, 11) is 0. The standard InChI is InChI=1S/C15H21NO/c17-13-15-8-4-10-16(11-5-9-15)12-14-6-2-1-3-7-14/h1-3,6-7,13,15H,4-5,8-12H2. The highest BCUT2D eigenvalue weighted by Crippen LogP contribution is 2.17. The van der Waals surface area contributed by atoms with Crippen LogP contribution in [0.25, 0.3) is 0 Å². The lowest BCUT2D eigenvalue weighted by atomic mass is 9.97. The SMILES string of the molecule is O=CC1CCCN(Cc2ccccc2)CCC1. The Balaban J connectivity index is 1.84. The summed E-state index contributed by atoms with van der Waals surface area (Å²) >= 11 is 0. The molecule has 2 heteroatoms. The number of hydrogen-bond acceptors (Lipinski definition) is 2. The first-order valence-electron chi connectivity index (χ1n) is 6.60. The molecule has 2 nitrogen and oxygen atoms in total. The molecule has 0 unspecified atom stereocenters. The van der Waals surface area contributed by atoms with Crippen LogP contribution >= 0.6 is 0 Å². The summed E-state index contributed by atoms with van der Waals surface area (Å²) in [5.74, 6) is 0.314. The Labute approximate surface area is 104 Å². The third-order valence-corrected chi connectivity index (χ3v) is 3.54. The van der Waals surface area contributed by atoms with Gasteiger partial charge in [0.1, 0.15) is 6.29 Å². The maximum atomic E-state index is 10.8. The van der Waals surface area contributed by atoms with Gasteiger partial charge in [0, 0.05) is 12.5 Å². The molecule has 0 saturated carbocycles. The van der Waals surface area contributed by atoms with E-state index < -0.39 is 0 Å². The van der Waals surface area contributed by atoms with Gasteiger partial charge in [-0.3, -0.25) is 4.90 Å². The van der Waals surface area contributed by atoms with E-state index in [9.17, 15) is 4.79 Å². The van der Waals surface area contributed by atoms with Gasteiger partial charge >= 0.3 is 0 Å². The van der Waals surface area contributed by atoms with E-state index in [-0.39, 0.29) is 0 Å². The van der Waals surface area contributed by atoms with Gasteiger partial charge in [-0.05, 0) is 44.3 Å². The molecule has 0 N–H and O–H groups in total. The summed E-state index contributed by atoms with van der Waals surface area (Å²) in [6.07, 6.45) is 5.57. The van der Waals surface area contributed by atoms with Crippen molar-refractivity contribution in [3.05, 3.63) is 35.9 Å². The second-order valence-corrected chi connectivity index (χ2v) is 4.94. The van der Waals surface area contributed by atoms with Crippen LogP contribution in [-0.4, -0.2) is 24.3 Å². The molecule has 0 aromatic heterocycles. The van der Waals surface area contributed by atoms with Crippen LogP contribution in [0.3, 0.4) is 0 Å². The second-order valence-electron chi connectivity index (χ2n) is 4.94. The van der Waals surface area contributed by atoms with E-state index >= 15 is 0 Å². The smallest absolute Gasteiger partial charge is 0.123 e. The highest BCUT2D eigenvalue weighted by Gasteiger charge is 2.14. The quantitative estimate of drug-likeness (QED) is 0.746. The molecule has 92 valence electrons. The molecule has 1 aliphatic rings. The van der Waals surface area contributed by atoms with Crippen molar-refractivity contribution in [3.63, 3.8) is 0 Å². The summed E-state index contributed by atoms with van der Waals surface area (Å²) in [4.78, 5) is 13.3. The molecule has 17 heavy (non-hydrogen) atoms. The van der Waals surface area contributed by atoms with Crippen molar-refractivity contribution in [2.24, 2.45) is 5.92 Å². The van der Waals surface area contributed by atoms with E-state index in [0.717, 1.165) is 51.6 Å². The molecule has 1 aliphatic heterocycles. The van der Waals surface area contributed by atoms with Crippen LogP contribution in [-0.2, 0) is 11.3 Å². The molecule has 0 spiro atoms. The lowest BCUT2D eigenvalue weighted by Crippen LogP contribution is -2.28. The van der Waals surface area contributed by atoms with E-state index in [2.05, 4.69) is 35.2 Å². The van der Waals surface area contributed by atoms with Gasteiger partial charge in [-0.2, -0.15) is 0 Å². The number of likely N-dealkylation sites (tertiary alicyclic amines) is 1. The summed E-state index contributed by atoms with van der Waals surface area (Å²) in [6.45, 7) is 3.30. The van der Waals surface area contributed by atoms with Crippen molar-refractivity contribution in [3.8, 4) is 0 Å². The number of benzene rings is 1. The molecule has 1 aromatic carbocycles. The van der Waals surface area contributed by atoms with Crippen LogP contribution in [0.1, 0.15) is 31.2 Å². The van der Waals surface area contributed by atoms with Crippen LogP contribution in [0.5, 0.6) is 0 Å². The number of hydrogen-bond donors (Lipinski definition) is 0. The summed E-state index contributed by atoms with van der Waals surface area (Å²) in [5.41, 5.74) is 1.39. The first kappa shape index (κ1) is 12.3. The first-order valence-corrected chi connectivity index (χ1v) is 6.60. The number of aldehydes is 1. The van der Waals surface area contributed by atoms with E-state index in [1.807, 2.05) is 0 Å². The Morgan fingerprint density at radius 3 is 2.35 bits per heavy atom. The average Bonchev–Trinajstić information content (AvgIpc) is 2.34. The zero-order valence-electron chi connectivity index (χ0n) is 10.3. The van der Waals surface area contributed by atoms with Gasteiger partial charge in [0.2, 0.25) is 0 Å². The van der Waals surface area contributed by atoms with Crippen LogP contribution in [0.15, 0.2) is 30.3 Å². The Morgan fingerprint density at radius 1 is 1.12 bits per heavy atom. The van der Waals surface area contributed by atoms with Crippen LogP contribution < -0.4 is 0 Å². The van der Waals surface area contributed by atoms with Crippen molar-refractivity contribution < 1.29 is 4.79 Å². The van der Waals surface area contributed by atoms with Gasteiger partial charge in [0.05, 0.1) is 0 Å². The zero-order chi connectivity index (χ0) is 11.9. The third-order valence-electron chi connectivity index (χ3n) is 3.54. The molecule has 0 aliphatic carbocycles. The minimum Gasteiger partial charge on any atom is -0.303 e. The molecular weight excluding hydrogens is 210 g/mol. The largest absolute Gasteiger partial charge is 0.303 e. The van der Waals surface area contributed by atoms with E-state index in [0.29, 0.717) is 5.92 Å². The maximum Gasteiger partial charge on any atom is 0.123 e. The highest BCUT2D eigenvalue weighted by molar-refractivity contribution is 5.53. The van der Waals surface area contributed by atoms with E-state index in [4.69, 9.17) is 0 Å². The minimum atomic E-state index is 0.314. The number of carbonyl (C=O) groups is 1. The van der Waals surface area contributed by atoms with Gasteiger partial charge in [-0.25, -0.2) is 0 Å². The highest BCUT2D eigenvalue weighted by atomic mass is 16.1. The lowest BCUT2D eigenvalue weighted by molar-refractivity contribution is -0.111. The summed E-state index contributed by atoms with van der Waals surface area (Å²) in [5, 5.41) is 0. The topological polar surface area (TPSA) is 20.3 Å². The number of carbonyl (C=O) groups excluding carboxylic acids is 1. The Morgan fingerprint density at radius 2 is 1.76 bits per heavy atom. The molecule has 1 heterocycles. The molecular formula is C15H21NO. The first-order chi connectivity index (χ1) is 8.38. The fourth-order valence-electron chi connectivity index (χ4n) is 2.55. The van der Waals surface area contributed by atoms with Crippen LogP contribution in [0, 0.1) is 5.92 Å². The maximum absolute atomic E-state index is 10.8. The van der Waals surface area contributed by atoms with Crippen molar-refractivity contribution in [2.45, 2.75) is 32.2 Å². The molecule has 1 aromatic rings.